The van der Waals surface area contributed by atoms with Crippen molar-refractivity contribution in [3.8, 4) is 0 Å². The van der Waals surface area contributed by atoms with E-state index in [1.54, 1.807) is 24.4 Å². The summed E-state index contributed by atoms with van der Waals surface area (Å²) in [5.74, 6) is 0.123. The number of nitrogens with zero attached hydrogens (tertiary/aromatic N) is 5. The third-order valence-electron chi connectivity index (χ3n) is 6.37. The van der Waals surface area contributed by atoms with Gasteiger partial charge in [-0.15, -0.1) is 0 Å². The van der Waals surface area contributed by atoms with Crippen LogP contribution in [0.2, 0.25) is 0 Å². The summed E-state index contributed by atoms with van der Waals surface area (Å²) in [6.07, 6.45) is 1.58. The number of piperazine rings is 1. The topological polar surface area (TPSA) is 97.5 Å². The van der Waals surface area contributed by atoms with Gasteiger partial charge in [-0.25, -0.2) is 4.79 Å². The molecule has 0 unspecified atom stereocenters. The number of rotatable bonds is 2. The number of H-pyrrole nitrogens is 1. The zero-order chi connectivity index (χ0) is 21.6. The van der Waals surface area contributed by atoms with Gasteiger partial charge in [0.2, 0.25) is 0 Å². The molecule has 2 N–H and O–H groups in total. The lowest BCUT2D eigenvalue weighted by Gasteiger charge is -2.45. The van der Waals surface area contributed by atoms with Crippen LogP contribution in [0.3, 0.4) is 0 Å². The highest BCUT2D eigenvalue weighted by molar-refractivity contribution is 6.02. The van der Waals surface area contributed by atoms with Crippen molar-refractivity contribution >= 4 is 17.8 Å². The van der Waals surface area contributed by atoms with Gasteiger partial charge in [0.25, 0.3) is 5.91 Å². The van der Waals surface area contributed by atoms with Crippen molar-refractivity contribution in [3.05, 3.63) is 41.3 Å². The fraction of sp³-hybridized carbons (Fsp3) is 0.524. The summed E-state index contributed by atoms with van der Waals surface area (Å²) in [7, 11) is 2.09. The second kappa shape index (κ2) is 7.39. The molecule has 0 aliphatic carbocycles. The van der Waals surface area contributed by atoms with Crippen LogP contribution in [0.15, 0.2) is 24.4 Å². The molecule has 30 heavy (non-hydrogen) atoms. The lowest BCUT2D eigenvalue weighted by Crippen LogP contribution is -2.60. The average molecular weight is 412 g/mol. The zero-order valence-electron chi connectivity index (χ0n) is 18.1. The highest BCUT2D eigenvalue weighted by atomic mass is 16.2. The van der Waals surface area contributed by atoms with Crippen LogP contribution in [0.4, 0.5) is 10.6 Å². The number of carbonyl (C=O) groups excluding carboxylic acids is 2. The van der Waals surface area contributed by atoms with E-state index in [1.807, 2.05) is 23.6 Å². The fourth-order valence-electron chi connectivity index (χ4n) is 4.32. The van der Waals surface area contributed by atoms with Gasteiger partial charge < -0.3 is 15.1 Å². The Kier molecular flexibility index (Phi) is 5.01. The monoisotopic (exact) mass is 411 g/mol. The van der Waals surface area contributed by atoms with E-state index < -0.39 is 5.54 Å². The van der Waals surface area contributed by atoms with Gasteiger partial charge in [-0.1, -0.05) is 6.07 Å². The van der Waals surface area contributed by atoms with Crippen LogP contribution in [-0.4, -0.2) is 74.0 Å². The number of anilines is 1. The first-order chi connectivity index (χ1) is 14.2. The minimum absolute atomic E-state index is 0.0130. The molecule has 2 aliphatic rings. The van der Waals surface area contributed by atoms with Crippen LogP contribution >= 0.6 is 0 Å². The molecule has 1 saturated heterocycles. The summed E-state index contributed by atoms with van der Waals surface area (Å²) in [5.41, 5.74) is 1.45. The zero-order valence-corrected chi connectivity index (χ0v) is 18.1. The lowest BCUT2D eigenvalue weighted by molar-refractivity contribution is 0.0457. The maximum Gasteiger partial charge on any atom is 0.321 e. The molecule has 1 fully saturated rings. The van der Waals surface area contributed by atoms with Crippen molar-refractivity contribution in [3.63, 3.8) is 0 Å². The number of aromatic nitrogens is 3. The van der Waals surface area contributed by atoms with Crippen LogP contribution in [0.25, 0.3) is 0 Å². The van der Waals surface area contributed by atoms with E-state index in [0.717, 1.165) is 17.8 Å². The third kappa shape index (κ3) is 3.32. The molecule has 2 atom stereocenters. The molecule has 9 heteroatoms. The summed E-state index contributed by atoms with van der Waals surface area (Å²) in [4.78, 5) is 36.2. The van der Waals surface area contributed by atoms with Crippen LogP contribution in [0, 0.1) is 0 Å². The van der Waals surface area contributed by atoms with E-state index in [1.165, 1.54) is 0 Å². The Labute approximate surface area is 176 Å². The van der Waals surface area contributed by atoms with E-state index in [-0.39, 0.29) is 18.0 Å². The number of aromatic amines is 1. The summed E-state index contributed by atoms with van der Waals surface area (Å²) in [6, 6.07) is 5.63. The standard InChI is InChI=1S/C21H29N7O2/c1-13-11-27(14(2)10-26(13)5)20(30)28-12-15-17(21(28,3)4)24-25-18(15)23-19(29)16-8-6-7-9-22-16/h6-9,13-14H,10-12H2,1-5H3,(H2,23,24,25,29)/t13-,14+/m1/s1. The molecule has 9 nitrogen and oxygen atoms in total. The molecule has 2 aromatic rings. The molecule has 4 rings (SSSR count). The molecule has 0 saturated carbocycles. The molecular weight excluding hydrogens is 382 g/mol. The number of urea groups is 1. The molecular formula is C21H29N7O2. The number of pyridine rings is 1. The van der Waals surface area contributed by atoms with Crippen molar-refractivity contribution in [2.75, 3.05) is 25.5 Å². The first-order valence-corrected chi connectivity index (χ1v) is 10.3. The second-order valence-corrected chi connectivity index (χ2v) is 8.81. The Morgan fingerprint density at radius 2 is 1.97 bits per heavy atom. The lowest BCUT2D eigenvalue weighted by atomic mass is 10.0. The van der Waals surface area contributed by atoms with Crippen LogP contribution < -0.4 is 5.32 Å². The number of hydrogen-bond acceptors (Lipinski definition) is 5. The molecule has 3 amide bonds. The van der Waals surface area contributed by atoms with Crippen LogP contribution in [0.5, 0.6) is 0 Å². The minimum atomic E-state index is -0.556. The molecule has 0 spiro atoms. The predicted octanol–water partition coefficient (Wildman–Crippen LogP) is 2.25. The van der Waals surface area contributed by atoms with Gasteiger partial charge in [-0.2, -0.15) is 5.10 Å². The summed E-state index contributed by atoms with van der Waals surface area (Å²) < 4.78 is 0. The van der Waals surface area contributed by atoms with Crippen LogP contribution in [-0.2, 0) is 12.1 Å². The maximum absolute atomic E-state index is 13.5. The Balaban J connectivity index is 1.55. The number of nitrogens with one attached hydrogen (secondary N) is 2. The fourth-order valence-corrected chi connectivity index (χ4v) is 4.32. The van der Waals surface area contributed by atoms with Crippen molar-refractivity contribution in [2.45, 2.75) is 51.9 Å². The third-order valence-corrected chi connectivity index (χ3v) is 6.37. The average Bonchev–Trinajstić information content (AvgIpc) is 3.23. The van der Waals surface area contributed by atoms with Gasteiger partial charge >= 0.3 is 6.03 Å². The SMILES string of the molecule is C[C@@H]1CN(C(=O)N2Cc3c(NC(=O)c4ccccn4)n[nH]c3C2(C)C)[C@@H](C)CN1C. The quantitative estimate of drug-likeness (QED) is 0.790. The highest BCUT2D eigenvalue weighted by Crippen LogP contribution is 2.41. The predicted molar refractivity (Wildman–Crippen MR) is 113 cm³/mol. The van der Waals surface area contributed by atoms with Crippen LogP contribution in [0.1, 0.15) is 49.4 Å². The van der Waals surface area contributed by atoms with E-state index in [2.05, 4.69) is 46.3 Å². The van der Waals surface area contributed by atoms with Gasteiger partial charge in [-0.05, 0) is 46.9 Å². The molecule has 4 heterocycles. The van der Waals surface area contributed by atoms with Crippen molar-refractivity contribution in [1.82, 2.24) is 29.9 Å². The Bertz CT molecular complexity index is 956. The number of likely N-dealkylation sites (N-methyl/N-ethyl adjacent to an activating group) is 1. The summed E-state index contributed by atoms with van der Waals surface area (Å²) in [5, 5.41) is 10.2. The van der Waals surface area contributed by atoms with E-state index >= 15 is 0 Å². The Hall–Kier alpha value is -2.94. The van der Waals surface area contributed by atoms with Gasteiger partial charge in [0.05, 0.1) is 17.8 Å². The second-order valence-electron chi connectivity index (χ2n) is 8.81. The van der Waals surface area contributed by atoms with Crippen molar-refractivity contribution in [1.29, 1.82) is 0 Å². The summed E-state index contributed by atoms with van der Waals surface area (Å²) in [6.45, 7) is 10.2. The maximum atomic E-state index is 13.5. The number of fused-ring (bicyclic) bond motifs is 1. The number of carbonyl (C=O) groups is 2. The van der Waals surface area contributed by atoms with E-state index in [4.69, 9.17) is 0 Å². The number of hydrogen-bond donors (Lipinski definition) is 2. The van der Waals surface area contributed by atoms with Crippen molar-refractivity contribution in [2.24, 2.45) is 0 Å². The first-order valence-electron chi connectivity index (χ1n) is 10.3. The molecule has 0 radical (unpaired) electrons. The first kappa shape index (κ1) is 20.3. The largest absolute Gasteiger partial charge is 0.321 e. The van der Waals surface area contributed by atoms with Gasteiger partial charge in [0, 0.05) is 36.9 Å². The molecule has 0 aromatic carbocycles. The Morgan fingerprint density at radius 1 is 1.20 bits per heavy atom. The summed E-state index contributed by atoms with van der Waals surface area (Å²) >= 11 is 0. The van der Waals surface area contributed by atoms with Gasteiger partial charge in [-0.3, -0.25) is 19.8 Å². The molecule has 160 valence electrons. The molecule has 2 aromatic heterocycles. The molecule has 2 aliphatic heterocycles. The normalized spacial score (nSPS) is 23.4. The van der Waals surface area contributed by atoms with Gasteiger partial charge in [0.15, 0.2) is 5.82 Å². The van der Waals surface area contributed by atoms with Crippen molar-refractivity contribution < 1.29 is 9.59 Å². The molecule has 0 bridgehead atoms. The highest BCUT2D eigenvalue weighted by Gasteiger charge is 2.46. The van der Waals surface area contributed by atoms with E-state index in [0.29, 0.717) is 30.6 Å². The van der Waals surface area contributed by atoms with E-state index in [9.17, 15) is 9.59 Å². The smallest absolute Gasteiger partial charge is 0.319 e. The minimum Gasteiger partial charge on any atom is -0.319 e. The van der Waals surface area contributed by atoms with Gasteiger partial charge in [0.1, 0.15) is 5.69 Å². The Morgan fingerprint density at radius 3 is 2.67 bits per heavy atom. The number of amides is 3.